The Hall–Kier alpha value is -0.340. The first kappa shape index (κ1) is 17.7. The predicted octanol–water partition coefficient (Wildman–Crippen LogP) is -3.11. The monoisotopic (exact) mass is 230 g/mol. The van der Waals surface area contributed by atoms with Crippen molar-refractivity contribution in [1.82, 2.24) is 0 Å². The molecular weight excluding hydrogens is 224 g/mol. The van der Waals surface area contributed by atoms with Crippen molar-refractivity contribution in [3.8, 4) is 0 Å². The van der Waals surface area contributed by atoms with Gasteiger partial charge in [0, 0.05) is 0 Å². The van der Waals surface area contributed by atoms with Gasteiger partial charge in [0.25, 0.3) is 0 Å². The Bertz CT molecular complexity index is 244. The maximum absolute atomic E-state index is 9.51. The van der Waals surface area contributed by atoms with E-state index in [9.17, 15) is 16.8 Å². The Balaban J connectivity index is -0.000000405. The van der Waals surface area contributed by atoms with E-state index in [-0.39, 0.29) is 11.0 Å². The van der Waals surface area contributed by atoms with Gasteiger partial charge in [-0.3, -0.25) is 9.11 Å². The largest absolute Gasteiger partial charge is 0.425 e. The highest BCUT2D eigenvalue weighted by atomic mass is 32.3. The van der Waals surface area contributed by atoms with Gasteiger partial charge < -0.3 is 11.0 Å². The molecule has 0 aromatic heterocycles. The predicted molar refractivity (Wildman–Crippen MR) is 32.5 cm³/mol. The molecule has 0 spiro atoms. The topological polar surface area (TPSA) is 190 Å². The van der Waals surface area contributed by atoms with E-state index < -0.39 is 20.8 Å². The molecule has 78 valence electrons. The van der Waals surface area contributed by atoms with Crippen molar-refractivity contribution in [3.05, 3.63) is 0 Å². The Kier molecular flexibility index (Phi) is 7.85. The van der Waals surface area contributed by atoms with E-state index in [1.807, 2.05) is 0 Å². The maximum Gasteiger partial charge on any atom is 0.425 e. The zero-order chi connectivity index (χ0) is 8.41. The molecular formula is H6O10S2. The molecule has 0 saturated carbocycles. The van der Waals surface area contributed by atoms with Crippen LogP contribution in [0.4, 0.5) is 0 Å². The van der Waals surface area contributed by atoms with Crippen molar-refractivity contribution < 1.29 is 45.6 Å². The highest BCUT2D eigenvalue weighted by Crippen LogP contribution is 1.92. The van der Waals surface area contributed by atoms with Crippen LogP contribution >= 0.6 is 0 Å². The molecule has 0 bridgehead atoms. The molecule has 0 saturated heterocycles. The summed E-state index contributed by atoms with van der Waals surface area (Å²) in [5.41, 5.74) is 0. The van der Waals surface area contributed by atoms with E-state index in [0.717, 1.165) is 0 Å². The van der Waals surface area contributed by atoms with Gasteiger partial charge in [-0.05, 0) is 0 Å². The smallest absolute Gasteiger partial charge is 0.412 e. The lowest BCUT2D eigenvalue weighted by Gasteiger charge is -1.92. The zero-order valence-electron chi connectivity index (χ0n) is 5.16. The Morgan fingerprint density at radius 2 is 0.917 bits per heavy atom. The molecule has 10 nitrogen and oxygen atoms in total. The normalized spacial score (nSPS) is 11.2. The average molecular weight is 230 g/mol. The van der Waals surface area contributed by atoms with Crippen molar-refractivity contribution in [3.63, 3.8) is 0 Å². The lowest BCUT2D eigenvalue weighted by molar-refractivity contribution is -0.105. The van der Waals surface area contributed by atoms with Crippen molar-refractivity contribution in [2.75, 3.05) is 0 Å². The first-order valence-corrected chi connectivity index (χ1v) is 4.26. The minimum Gasteiger partial charge on any atom is -0.412 e. The molecule has 0 aromatic carbocycles. The molecule has 0 aromatic rings. The zero-order valence-corrected chi connectivity index (χ0v) is 6.79. The van der Waals surface area contributed by atoms with Gasteiger partial charge in [0.05, 0.1) is 0 Å². The first-order valence-electron chi connectivity index (χ1n) is 1.53. The molecule has 6 N–H and O–H groups in total. The molecule has 12 heavy (non-hydrogen) atoms. The second-order valence-corrected chi connectivity index (χ2v) is 2.97. The number of hydrogen-bond donors (Lipinski definition) is 2. The molecule has 0 unspecified atom stereocenters. The van der Waals surface area contributed by atoms with Crippen LogP contribution in [-0.2, 0) is 29.5 Å². The Labute approximate surface area is 67.2 Å². The summed E-state index contributed by atoms with van der Waals surface area (Å²) in [6, 6.07) is 0. The first-order chi connectivity index (χ1) is 4.21. The standard InChI is InChI=1S/H2O8S2.2H2O/c1-9(2,3)7-8-10(4,5)6;;/h(H,1,2,3)(H,4,5,6);2*1H2. The van der Waals surface area contributed by atoms with Crippen molar-refractivity contribution >= 4 is 20.8 Å². The van der Waals surface area contributed by atoms with E-state index >= 15 is 0 Å². The summed E-state index contributed by atoms with van der Waals surface area (Å²) in [6.07, 6.45) is 0. The molecule has 0 aliphatic heterocycles. The fourth-order valence-corrected chi connectivity index (χ4v) is 0.632. The van der Waals surface area contributed by atoms with Crippen LogP contribution in [0.5, 0.6) is 0 Å². The number of rotatable bonds is 3. The van der Waals surface area contributed by atoms with Gasteiger partial charge in [-0.25, -0.2) is 0 Å². The molecule has 0 radical (unpaired) electrons. The van der Waals surface area contributed by atoms with Crippen LogP contribution in [0.15, 0.2) is 0 Å². The van der Waals surface area contributed by atoms with E-state index in [1.54, 1.807) is 0 Å². The third-order valence-corrected chi connectivity index (χ3v) is 0.766. The second kappa shape index (κ2) is 5.33. The lowest BCUT2D eigenvalue weighted by atomic mass is 14.9. The third kappa shape index (κ3) is 16.3. The molecule has 0 fully saturated rings. The summed E-state index contributed by atoms with van der Waals surface area (Å²) < 4.78 is 58.9. The van der Waals surface area contributed by atoms with Crippen molar-refractivity contribution in [1.29, 1.82) is 0 Å². The van der Waals surface area contributed by atoms with Gasteiger partial charge >= 0.3 is 20.8 Å². The van der Waals surface area contributed by atoms with Crippen molar-refractivity contribution in [2.24, 2.45) is 0 Å². The van der Waals surface area contributed by atoms with Gasteiger partial charge in [-0.15, -0.1) is 0 Å². The summed E-state index contributed by atoms with van der Waals surface area (Å²) in [4.78, 5) is 0. The molecule has 0 amide bonds. The Morgan fingerprint density at radius 1 is 0.750 bits per heavy atom. The fraction of sp³-hybridized carbons (Fsp3) is 0. The quantitative estimate of drug-likeness (QED) is 0.289. The Morgan fingerprint density at radius 3 is 1.00 bits per heavy atom. The highest BCUT2D eigenvalue weighted by molar-refractivity contribution is 7.83. The van der Waals surface area contributed by atoms with Crippen LogP contribution in [0, 0.1) is 0 Å². The summed E-state index contributed by atoms with van der Waals surface area (Å²) in [5.74, 6) is 0. The van der Waals surface area contributed by atoms with Crippen LogP contribution in [0.25, 0.3) is 0 Å². The van der Waals surface area contributed by atoms with Crippen LogP contribution in [-0.4, -0.2) is 36.9 Å². The summed E-state index contributed by atoms with van der Waals surface area (Å²) >= 11 is 0. The minimum absolute atomic E-state index is 0. The van der Waals surface area contributed by atoms with E-state index in [2.05, 4.69) is 8.67 Å². The van der Waals surface area contributed by atoms with E-state index in [0.29, 0.717) is 0 Å². The SMILES string of the molecule is O.O.O=S(=O)(O)OOS(=O)(=O)O. The molecule has 12 heteroatoms. The molecule has 0 aliphatic rings. The van der Waals surface area contributed by atoms with Gasteiger partial charge in [0.15, 0.2) is 0 Å². The third-order valence-electron chi connectivity index (χ3n) is 0.200. The van der Waals surface area contributed by atoms with E-state index in [4.69, 9.17) is 9.11 Å². The molecule has 0 rings (SSSR count). The second-order valence-electron chi connectivity index (χ2n) is 0.992. The van der Waals surface area contributed by atoms with Crippen LogP contribution in [0.1, 0.15) is 0 Å². The minimum atomic E-state index is -5.02. The maximum atomic E-state index is 9.51. The fourth-order valence-electron chi connectivity index (χ4n) is 0.0702. The summed E-state index contributed by atoms with van der Waals surface area (Å²) in [7, 11) is -10.0. The average Bonchev–Trinajstić information content (AvgIpc) is 1.57. The van der Waals surface area contributed by atoms with Crippen LogP contribution in [0.2, 0.25) is 0 Å². The molecule has 0 atom stereocenters. The van der Waals surface area contributed by atoms with Gasteiger partial charge in [-0.1, -0.05) is 8.67 Å². The van der Waals surface area contributed by atoms with E-state index in [1.165, 1.54) is 0 Å². The highest BCUT2D eigenvalue weighted by Gasteiger charge is 2.13. The van der Waals surface area contributed by atoms with Gasteiger partial charge in [0.2, 0.25) is 0 Å². The number of hydrogen-bond acceptors (Lipinski definition) is 6. The van der Waals surface area contributed by atoms with Gasteiger partial charge in [0.1, 0.15) is 0 Å². The lowest BCUT2D eigenvalue weighted by Crippen LogP contribution is -2.10. The summed E-state index contributed by atoms with van der Waals surface area (Å²) in [5, 5.41) is 0. The van der Waals surface area contributed by atoms with Crippen LogP contribution in [0.3, 0.4) is 0 Å². The van der Waals surface area contributed by atoms with Crippen LogP contribution < -0.4 is 0 Å². The van der Waals surface area contributed by atoms with Crippen molar-refractivity contribution in [2.45, 2.75) is 0 Å². The molecule has 0 aliphatic carbocycles. The molecule has 0 heterocycles. The van der Waals surface area contributed by atoms with Gasteiger partial charge in [-0.2, -0.15) is 16.8 Å². The summed E-state index contributed by atoms with van der Waals surface area (Å²) in [6.45, 7) is 0.